The first-order valence-corrected chi connectivity index (χ1v) is 16.3. The first-order valence-electron chi connectivity index (χ1n) is 16.3. The molecule has 3 N–H and O–H groups in total. The van der Waals surface area contributed by atoms with E-state index < -0.39 is 42.5 Å². The molecule has 3 amide bonds. The molecule has 0 bridgehead atoms. The van der Waals surface area contributed by atoms with Crippen LogP contribution < -0.4 is 15.4 Å². The van der Waals surface area contributed by atoms with Crippen molar-refractivity contribution in [1.82, 2.24) is 10.2 Å². The molecule has 4 aromatic carbocycles. The van der Waals surface area contributed by atoms with Crippen LogP contribution in [0.15, 0.2) is 115 Å². The fourth-order valence-corrected chi connectivity index (χ4v) is 5.68. The minimum absolute atomic E-state index is 0.00622. The number of carbonyl (C=O) groups excluding carboxylic acids is 3. The summed E-state index contributed by atoms with van der Waals surface area (Å²) in [7, 11) is 1.24. The molecule has 0 saturated carbocycles. The molecule has 1 atom stereocenters. The van der Waals surface area contributed by atoms with Crippen LogP contribution >= 0.6 is 0 Å². The Kier molecular flexibility index (Phi) is 11.6. The maximum atomic E-state index is 13.6. The molecule has 5 rings (SSSR count). The summed E-state index contributed by atoms with van der Waals surface area (Å²) < 4.78 is 45.5. The van der Waals surface area contributed by atoms with Gasteiger partial charge in [-0.3, -0.25) is 19.2 Å². The number of alkyl halides is 3. The van der Waals surface area contributed by atoms with Gasteiger partial charge in [-0.15, -0.1) is 0 Å². The number of aryl methyl sites for hydroxylation is 1. The van der Waals surface area contributed by atoms with Crippen molar-refractivity contribution < 1.29 is 42.2 Å². The Morgan fingerprint density at radius 3 is 2.15 bits per heavy atom. The zero-order chi connectivity index (χ0) is 37.4. The minimum atomic E-state index is -4.69. The van der Waals surface area contributed by atoms with Crippen LogP contribution in [0.2, 0.25) is 0 Å². The number of methoxy groups -OCH3 is 1. The number of carboxylic acid groups (broad SMARTS) is 1. The van der Waals surface area contributed by atoms with E-state index in [1.54, 1.807) is 24.3 Å². The fraction of sp³-hybridized carbons (Fsp3) is 0.200. The van der Waals surface area contributed by atoms with Gasteiger partial charge >= 0.3 is 12.1 Å². The van der Waals surface area contributed by atoms with Crippen molar-refractivity contribution in [1.29, 1.82) is 0 Å². The third-order valence-corrected chi connectivity index (χ3v) is 8.46. The number of hydrogen-bond acceptors (Lipinski definition) is 5. The van der Waals surface area contributed by atoms with Crippen LogP contribution in [0.4, 0.5) is 18.9 Å². The number of ether oxygens (including phenoxy) is 1. The average molecular weight is 712 g/mol. The van der Waals surface area contributed by atoms with E-state index in [0.29, 0.717) is 16.8 Å². The van der Waals surface area contributed by atoms with Crippen LogP contribution in [-0.4, -0.2) is 47.4 Å². The van der Waals surface area contributed by atoms with Gasteiger partial charge in [-0.25, -0.2) is 0 Å². The van der Waals surface area contributed by atoms with Gasteiger partial charge < -0.3 is 25.4 Å². The van der Waals surface area contributed by atoms with Crippen LogP contribution in [0.5, 0.6) is 5.75 Å². The molecule has 0 aromatic heterocycles. The van der Waals surface area contributed by atoms with Gasteiger partial charge in [0.25, 0.3) is 11.8 Å². The SMILES string of the molecule is COc1ccc(CC(=O)Nc2ccc(C(=O)N(CC(=O)O)Cc3ccc(C(=O)NC4=CCC(c5ccc(C)cc5)C=C4)cc3)cc2)c(C(F)(F)F)c1. The van der Waals surface area contributed by atoms with E-state index in [0.717, 1.165) is 17.4 Å². The predicted octanol–water partition coefficient (Wildman–Crippen LogP) is 7.29. The minimum Gasteiger partial charge on any atom is -0.497 e. The highest BCUT2D eigenvalue weighted by Gasteiger charge is 2.34. The number of rotatable bonds is 12. The lowest BCUT2D eigenvalue weighted by Gasteiger charge is -2.21. The molecular formula is C40H36F3N3O6. The Balaban J connectivity index is 1.18. The van der Waals surface area contributed by atoms with E-state index in [-0.39, 0.29) is 40.9 Å². The summed E-state index contributed by atoms with van der Waals surface area (Å²) in [5, 5.41) is 14.9. The Morgan fingerprint density at radius 2 is 1.56 bits per heavy atom. The Hall–Kier alpha value is -6.17. The number of nitrogens with one attached hydrogen (secondary N) is 2. The Bertz CT molecular complexity index is 2000. The summed E-state index contributed by atoms with van der Waals surface area (Å²) in [5.41, 5.74) is 3.19. The highest BCUT2D eigenvalue weighted by molar-refractivity contribution is 5.98. The van der Waals surface area contributed by atoms with Crippen molar-refractivity contribution in [3.63, 3.8) is 0 Å². The molecule has 0 radical (unpaired) electrons. The van der Waals surface area contributed by atoms with Crippen molar-refractivity contribution in [2.24, 2.45) is 0 Å². The lowest BCUT2D eigenvalue weighted by Crippen LogP contribution is -2.35. The van der Waals surface area contributed by atoms with Gasteiger partial charge in [0, 0.05) is 35.0 Å². The second-order valence-electron chi connectivity index (χ2n) is 12.3. The third kappa shape index (κ3) is 9.75. The van der Waals surface area contributed by atoms with Crippen molar-refractivity contribution in [2.75, 3.05) is 19.0 Å². The quantitative estimate of drug-likeness (QED) is 0.142. The van der Waals surface area contributed by atoms with Crippen LogP contribution in [-0.2, 0) is 28.7 Å². The van der Waals surface area contributed by atoms with Gasteiger partial charge in [0.2, 0.25) is 5.91 Å². The highest BCUT2D eigenvalue weighted by Crippen LogP contribution is 2.35. The second kappa shape index (κ2) is 16.2. The highest BCUT2D eigenvalue weighted by atomic mass is 19.4. The Labute approximate surface area is 298 Å². The van der Waals surface area contributed by atoms with E-state index in [1.165, 1.54) is 54.6 Å². The molecule has 0 saturated heterocycles. The van der Waals surface area contributed by atoms with Crippen molar-refractivity contribution in [2.45, 2.75) is 38.4 Å². The third-order valence-electron chi connectivity index (χ3n) is 8.46. The number of carbonyl (C=O) groups is 4. The van der Waals surface area contributed by atoms with Crippen molar-refractivity contribution >= 4 is 29.4 Å². The number of halogens is 3. The smallest absolute Gasteiger partial charge is 0.416 e. The summed E-state index contributed by atoms with van der Waals surface area (Å²) >= 11 is 0. The molecule has 0 aliphatic heterocycles. The zero-order valence-corrected chi connectivity index (χ0v) is 28.4. The number of aliphatic carboxylic acids is 1. The van der Waals surface area contributed by atoms with Crippen molar-refractivity contribution in [3.05, 3.63) is 154 Å². The summed E-state index contributed by atoms with van der Waals surface area (Å²) in [5.74, 6) is -2.63. The average Bonchev–Trinajstić information content (AvgIpc) is 3.12. The van der Waals surface area contributed by atoms with Gasteiger partial charge in [0.05, 0.1) is 19.1 Å². The molecule has 1 aliphatic carbocycles. The van der Waals surface area contributed by atoms with Gasteiger partial charge in [-0.2, -0.15) is 13.2 Å². The maximum Gasteiger partial charge on any atom is 0.416 e. The van der Waals surface area contributed by atoms with Crippen LogP contribution in [0.25, 0.3) is 0 Å². The monoisotopic (exact) mass is 711 g/mol. The topological polar surface area (TPSA) is 125 Å². The second-order valence-corrected chi connectivity index (χ2v) is 12.3. The fourth-order valence-electron chi connectivity index (χ4n) is 5.68. The molecule has 0 heterocycles. The molecule has 52 heavy (non-hydrogen) atoms. The lowest BCUT2D eigenvalue weighted by molar-refractivity contribution is -0.139. The van der Waals surface area contributed by atoms with Gasteiger partial charge in [0.15, 0.2) is 0 Å². The molecule has 1 aliphatic rings. The summed E-state index contributed by atoms with van der Waals surface area (Å²) in [4.78, 5) is 51.7. The van der Waals surface area contributed by atoms with E-state index >= 15 is 0 Å². The summed E-state index contributed by atoms with van der Waals surface area (Å²) in [6, 6.07) is 23.7. The van der Waals surface area contributed by atoms with Gasteiger partial charge in [0.1, 0.15) is 12.3 Å². The summed E-state index contributed by atoms with van der Waals surface area (Å²) in [6.45, 7) is 1.37. The molecule has 268 valence electrons. The maximum absolute atomic E-state index is 13.6. The molecule has 12 heteroatoms. The Morgan fingerprint density at radius 1 is 0.885 bits per heavy atom. The zero-order valence-electron chi connectivity index (χ0n) is 28.4. The van der Waals surface area contributed by atoms with E-state index in [2.05, 4.69) is 41.0 Å². The first kappa shape index (κ1) is 37.1. The molecule has 0 fully saturated rings. The molecular weight excluding hydrogens is 675 g/mol. The number of amides is 3. The van der Waals surface area contributed by atoms with E-state index in [9.17, 15) is 37.5 Å². The molecule has 0 spiro atoms. The molecule has 1 unspecified atom stereocenters. The van der Waals surface area contributed by atoms with Crippen LogP contribution in [0, 0.1) is 6.92 Å². The largest absolute Gasteiger partial charge is 0.497 e. The van der Waals surface area contributed by atoms with E-state index in [1.807, 2.05) is 19.1 Å². The number of anilines is 1. The normalized spacial score (nSPS) is 13.9. The van der Waals surface area contributed by atoms with Gasteiger partial charge in [-0.1, -0.05) is 60.2 Å². The predicted molar refractivity (Wildman–Crippen MR) is 189 cm³/mol. The number of carboxylic acids is 1. The van der Waals surface area contributed by atoms with Crippen LogP contribution in [0.3, 0.4) is 0 Å². The molecule has 4 aromatic rings. The van der Waals surface area contributed by atoms with E-state index in [4.69, 9.17) is 4.74 Å². The van der Waals surface area contributed by atoms with Gasteiger partial charge in [-0.05, 0) is 84.6 Å². The number of allylic oxidation sites excluding steroid dienone is 3. The van der Waals surface area contributed by atoms with Crippen LogP contribution in [0.1, 0.15) is 60.9 Å². The van der Waals surface area contributed by atoms with Crippen molar-refractivity contribution in [3.8, 4) is 5.75 Å². The lowest BCUT2D eigenvalue weighted by atomic mass is 9.91. The summed E-state index contributed by atoms with van der Waals surface area (Å²) in [6.07, 6.45) is 1.41. The number of hydrogen-bond donors (Lipinski definition) is 3. The molecule has 9 nitrogen and oxygen atoms in total. The first-order chi connectivity index (χ1) is 24.8. The number of nitrogens with zero attached hydrogens (tertiary/aromatic N) is 1. The number of benzene rings is 4. The standard InChI is InChI=1S/C40H36F3N3O6/c1-25-3-7-27(8-4-25)28-11-16-33(17-12-28)45-38(50)29-9-5-26(6-10-29)23-46(24-37(48)49)39(51)30-13-18-32(19-14-30)44-36(47)21-31-15-20-34(52-2)22-35(31)40(41,42)43/h3-11,13-20,22,28H,12,21,23-24H2,1-2H3,(H,44,47)(H,45,50)(H,48,49).